The number of hydrogen-bond acceptors (Lipinski definition) is 3. The smallest absolute Gasteiger partial charge is 0.247 e. The van der Waals surface area contributed by atoms with Crippen LogP contribution in [-0.2, 0) is 11.3 Å². The van der Waals surface area contributed by atoms with Gasteiger partial charge in [0.15, 0.2) is 0 Å². The van der Waals surface area contributed by atoms with Crippen molar-refractivity contribution >= 4 is 5.91 Å². The Hall–Kier alpha value is -1.39. The molecule has 1 aliphatic carbocycles. The van der Waals surface area contributed by atoms with E-state index >= 15 is 0 Å². The van der Waals surface area contributed by atoms with Gasteiger partial charge in [-0.15, -0.1) is 0 Å². The third kappa shape index (κ3) is 3.54. The van der Waals surface area contributed by atoms with Crippen molar-refractivity contribution in [1.82, 2.24) is 5.32 Å². The van der Waals surface area contributed by atoms with E-state index in [2.05, 4.69) is 29.6 Å². The van der Waals surface area contributed by atoms with Gasteiger partial charge in [0.2, 0.25) is 5.91 Å². The Morgan fingerprint density at radius 3 is 2.59 bits per heavy atom. The van der Waals surface area contributed by atoms with Crippen LogP contribution in [-0.4, -0.2) is 23.7 Å². The van der Waals surface area contributed by atoms with Crippen LogP contribution in [0.1, 0.15) is 29.9 Å². The Kier molecular flexibility index (Phi) is 3.76. The van der Waals surface area contributed by atoms with E-state index in [0.717, 1.165) is 11.5 Å². The summed E-state index contributed by atoms with van der Waals surface area (Å²) in [6.07, 6.45) is 1.51. The third-order valence-electron chi connectivity index (χ3n) is 3.02. The molecule has 92 valence electrons. The van der Waals surface area contributed by atoms with Crippen LogP contribution in [0.15, 0.2) is 24.3 Å². The summed E-state index contributed by atoms with van der Waals surface area (Å²) in [5, 5.41) is 12.2. The SMILES string of the molecule is NC(=O)C(O)CNCc1ccc(C2CC2)cc1. The Morgan fingerprint density at radius 1 is 1.41 bits per heavy atom. The Labute approximate surface area is 101 Å². The number of nitrogens with one attached hydrogen (secondary N) is 1. The molecule has 0 radical (unpaired) electrons. The molecule has 1 amide bonds. The van der Waals surface area contributed by atoms with Crippen LogP contribution in [0, 0.1) is 0 Å². The van der Waals surface area contributed by atoms with Crippen molar-refractivity contribution in [3.63, 3.8) is 0 Å². The molecule has 1 fully saturated rings. The fourth-order valence-corrected chi connectivity index (χ4v) is 1.78. The summed E-state index contributed by atoms with van der Waals surface area (Å²) in [6, 6.07) is 8.47. The van der Waals surface area contributed by atoms with E-state index in [1.165, 1.54) is 18.4 Å². The van der Waals surface area contributed by atoms with Crippen LogP contribution in [0.25, 0.3) is 0 Å². The zero-order valence-corrected chi connectivity index (χ0v) is 9.73. The summed E-state index contributed by atoms with van der Waals surface area (Å²) < 4.78 is 0. The Balaban J connectivity index is 1.76. The lowest BCUT2D eigenvalue weighted by Crippen LogP contribution is -2.37. The van der Waals surface area contributed by atoms with E-state index in [1.54, 1.807) is 0 Å². The average molecular weight is 234 g/mol. The van der Waals surface area contributed by atoms with E-state index in [1.807, 2.05) is 0 Å². The molecule has 17 heavy (non-hydrogen) atoms. The summed E-state index contributed by atoms with van der Waals surface area (Å²) in [6.45, 7) is 0.828. The number of hydrogen-bond donors (Lipinski definition) is 3. The van der Waals surface area contributed by atoms with Gasteiger partial charge in [-0.25, -0.2) is 0 Å². The molecule has 1 unspecified atom stereocenters. The topological polar surface area (TPSA) is 75.4 Å². The summed E-state index contributed by atoms with van der Waals surface area (Å²) in [5.74, 6) is 0.0790. The maximum Gasteiger partial charge on any atom is 0.247 e. The summed E-state index contributed by atoms with van der Waals surface area (Å²) in [7, 11) is 0. The molecule has 1 atom stereocenters. The number of carbonyl (C=O) groups excluding carboxylic acids is 1. The molecule has 0 bridgehead atoms. The molecule has 4 N–H and O–H groups in total. The number of rotatable bonds is 6. The minimum Gasteiger partial charge on any atom is -0.382 e. The first-order valence-corrected chi connectivity index (χ1v) is 5.94. The van der Waals surface area contributed by atoms with Crippen LogP contribution in [0.2, 0.25) is 0 Å². The largest absolute Gasteiger partial charge is 0.382 e. The summed E-state index contributed by atoms with van der Waals surface area (Å²) in [5.41, 5.74) is 7.50. The highest BCUT2D eigenvalue weighted by atomic mass is 16.3. The second kappa shape index (κ2) is 5.29. The minimum absolute atomic E-state index is 0.194. The van der Waals surface area contributed by atoms with Crippen LogP contribution < -0.4 is 11.1 Å². The van der Waals surface area contributed by atoms with Gasteiger partial charge in [0.25, 0.3) is 0 Å². The van der Waals surface area contributed by atoms with E-state index in [0.29, 0.717) is 6.54 Å². The highest BCUT2D eigenvalue weighted by molar-refractivity contribution is 5.78. The quantitative estimate of drug-likeness (QED) is 0.671. The molecule has 1 aliphatic rings. The molecule has 1 aromatic rings. The molecule has 2 rings (SSSR count). The maximum atomic E-state index is 10.6. The maximum absolute atomic E-state index is 10.6. The minimum atomic E-state index is -1.11. The number of carbonyl (C=O) groups is 1. The third-order valence-corrected chi connectivity index (χ3v) is 3.02. The van der Waals surface area contributed by atoms with Gasteiger partial charge in [0.1, 0.15) is 6.10 Å². The summed E-state index contributed by atoms with van der Waals surface area (Å²) in [4.78, 5) is 10.6. The zero-order valence-electron chi connectivity index (χ0n) is 9.73. The lowest BCUT2D eigenvalue weighted by Gasteiger charge is -2.08. The van der Waals surface area contributed by atoms with Crippen LogP contribution in [0.5, 0.6) is 0 Å². The van der Waals surface area contributed by atoms with Gasteiger partial charge in [-0.05, 0) is 29.9 Å². The average Bonchev–Trinajstić information content (AvgIpc) is 3.13. The van der Waals surface area contributed by atoms with E-state index in [4.69, 9.17) is 5.73 Å². The normalized spacial score (nSPS) is 16.8. The second-order valence-electron chi connectivity index (χ2n) is 4.56. The van der Waals surface area contributed by atoms with E-state index in [-0.39, 0.29) is 6.54 Å². The van der Waals surface area contributed by atoms with Crippen LogP contribution >= 0.6 is 0 Å². The molecule has 0 spiro atoms. The van der Waals surface area contributed by atoms with Gasteiger partial charge in [-0.2, -0.15) is 0 Å². The van der Waals surface area contributed by atoms with Gasteiger partial charge in [0.05, 0.1) is 0 Å². The first kappa shape index (κ1) is 12.1. The van der Waals surface area contributed by atoms with Gasteiger partial charge in [-0.3, -0.25) is 4.79 Å². The number of primary amides is 1. The molecule has 4 nitrogen and oxygen atoms in total. The molecular formula is C13H18N2O2. The van der Waals surface area contributed by atoms with Gasteiger partial charge in [-0.1, -0.05) is 24.3 Å². The Bertz CT molecular complexity index is 385. The first-order chi connectivity index (χ1) is 8.16. The van der Waals surface area contributed by atoms with Crippen molar-refractivity contribution in [1.29, 1.82) is 0 Å². The highest BCUT2D eigenvalue weighted by Gasteiger charge is 2.22. The van der Waals surface area contributed by atoms with Crippen molar-refractivity contribution in [2.24, 2.45) is 5.73 Å². The fraction of sp³-hybridized carbons (Fsp3) is 0.462. The standard InChI is InChI=1S/C13H18N2O2/c14-13(17)12(16)8-15-7-9-1-3-10(4-2-9)11-5-6-11/h1-4,11-12,15-16H,5-8H2,(H2,14,17). The van der Waals surface area contributed by atoms with Crippen molar-refractivity contribution in [3.05, 3.63) is 35.4 Å². The van der Waals surface area contributed by atoms with Crippen molar-refractivity contribution < 1.29 is 9.90 Å². The van der Waals surface area contributed by atoms with Crippen molar-refractivity contribution in [3.8, 4) is 0 Å². The molecule has 0 aromatic heterocycles. The van der Waals surface area contributed by atoms with Gasteiger partial charge < -0.3 is 16.2 Å². The first-order valence-electron chi connectivity index (χ1n) is 5.94. The molecule has 1 saturated carbocycles. The fourth-order valence-electron chi connectivity index (χ4n) is 1.78. The monoisotopic (exact) mass is 234 g/mol. The second-order valence-corrected chi connectivity index (χ2v) is 4.56. The van der Waals surface area contributed by atoms with Crippen molar-refractivity contribution in [2.45, 2.75) is 31.4 Å². The number of nitrogens with two attached hydrogens (primary N) is 1. The Morgan fingerprint density at radius 2 is 2.06 bits per heavy atom. The number of aliphatic hydroxyl groups excluding tert-OH is 1. The molecule has 1 aromatic carbocycles. The number of aliphatic hydroxyl groups is 1. The van der Waals surface area contributed by atoms with E-state index < -0.39 is 12.0 Å². The van der Waals surface area contributed by atoms with E-state index in [9.17, 15) is 9.90 Å². The molecule has 0 heterocycles. The highest BCUT2D eigenvalue weighted by Crippen LogP contribution is 2.39. The molecule has 0 saturated heterocycles. The van der Waals surface area contributed by atoms with Crippen LogP contribution in [0.4, 0.5) is 0 Å². The predicted molar refractivity (Wildman–Crippen MR) is 65.3 cm³/mol. The van der Waals surface area contributed by atoms with Gasteiger partial charge in [0, 0.05) is 13.1 Å². The lowest BCUT2D eigenvalue weighted by atomic mass is 10.1. The molecular weight excluding hydrogens is 216 g/mol. The van der Waals surface area contributed by atoms with Crippen LogP contribution in [0.3, 0.4) is 0 Å². The number of benzene rings is 1. The molecule has 0 aliphatic heterocycles. The molecule has 4 heteroatoms. The summed E-state index contributed by atoms with van der Waals surface area (Å²) >= 11 is 0. The predicted octanol–water partition coefficient (Wildman–Crippen LogP) is 0.500. The van der Waals surface area contributed by atoms with Crippen molar-refractivity contribution in [2.75, 3.05) is 6.54 Å². The van der Waals surface area contributed by atoms with Gasteiger partial charge >= 0.3 is 0 Å². The zero-order chi connectivity index (χ0) is 12.3. The lowest BCUT2D eigenvalue weighted by molar-refractivity contribution is -0.125. The number of amides is 1.